The standard InChI is InChI=1S/C12H10ClNO4S2/c1-7-6-10(19-11(7)12(15)16)20(17,18)14-9-5-3-2-4-8(9)13/h2-6,14H,1H3,(H,15,16). The van der Waals surface area contributed by atoms with Crippen LogP contribution in [0, 0.1) is 6.92 Å². The molecule has 0 saturated carbocycles. The molecule has 0 unspecified atom stereocenters. The molecule has 1 aromatic carbocycles. The topological polar surface area (TPSA) is 83.5 Å². The van der Waals surface area contributed by atoms with Crippen molar-refractivity contribution in [3.8, 4) is 0 Å². The number of para-hydroxylation sites is 1. The van der Waals surface area contributed by atoms with Crippen LogP contribution in [-0.2, 0) is 10.0 Å². The second kappa shape index (κ2) is 5.43. The van der Waals surface area contributed by atoms with E-state index in [4.69, 9.17) is 16.7 Å². The Hall–Kier alpha value is -1.57. The van der Waals surface area contributed by atoms with Crippen molar-refractivity contribution in [3.05, 3.63) is 45.8 Å². The number of anilines is 1. The molecule has 0 atom stereocenters. The Morgan fingerprint density at radius 3 is 2.55 bits per heavy atom. The van der Waals surface area contributed by atoms with Crippen molar-refractivity contribution in [2.24, 2.45) is 0 Å². The van der Waals surface area contributed by atoms with E-state index in [1.165, 1.54) is 12.1 Å². The minimum Gasteiger partial charge on any atom is -0.477 e. The van der Waals surface area contributed by atoms with Crippen LogP contribution >= 0.6 is 22.9 Å². The van der Waals surface area contributed by atoms with Crippen LogP contribution in [0.15, 0.2) is 34.5 Å². The first-order chi connectivity index (χ1) is 9.31. The number of carboxylic acid groups (broad SMARTS) is 1. The summed E-state index contributed by atoms with van der Waals surface area (Å²) >= 11 is 6.59. The first-order valence-corrected chi connectivity index (χ1v) is 8.10. The maximum absolute atomic E-state index is 12.2. The fourth-order valence-electron chi connectivity index (χ4n) is 1.54. The number of thiophene rings is 1. The molecule has 0 amide bonds. The third kappa shape index (κ3) is 2.95. The van der Waals surface area contributed by atoms with Crippen LogP contribution in [0.2, 0.25) is 5.02 Å². The average molecular weight is 332 g/mol. The Morgan fingerprint density at radius 2 is 2.00 bits per heavy atom. The van der Waals surface area contributed by atoms with E-state index in [1.807, 2.05) is 0 Å². The van der Waals surface area contributed by atoms with E-state index in [9.17, 15) is 13.2 Å². The van der Waals surface area contributed by atoms with Crippen molar-refractivity contribution in [2.75, 3.05) is 4.72 Å². The van der Waals surface area contributed by atoms with Gasteiger partial charge in [-0.3, -0.25) is 4.72 Å². The molecular formula is C12H10ClNO4S2. The molecule has 0 bridgehead atoms. The highest BCUT2D eigenvalue weighted by Crippen LogP contribution is 2.29. The number of carboxylic acids is 1. The van der Waals surface area contributed by atoms with Crippen molar-refractivity contribution < 1.29 is 18.3 Å². The molecule has 0 radical (unpaired) electrons. The molecule has 1 heterocycles. The highest BCUT2D eigenvalue weighted by atomic mass is 35.5. The van der Waals surface area contributed by atoms with Gasteiger partial charge in [0.15, 0.2) is 0 Å². The van der Waals surface area contributed by atoms with Gasteiger partial charge in [-0.05, 0) is 30.7 Å². The largest absolute Gasteiger partial charge is 0.477 e. The summed E-state index contributed by atoms with van der Waals surface area (Å²) < 4.78 is 26.7. The van der Waals surface area contributed by atoms with E-state index in [0.717, 1.165) is 0 Å². The van der Waals surface area contributed by atoms with Gasteiger partial charge in [-0.25, -0.2) is 13.2 Å². The van der Waals surface area contributed by atoms with Crippen molar-refractivity contribution in [3.63, 3.8) is 0 Å². The zero-order valence-corrected chi connectivity index (χ0v) is 12.6. The second-order valence-corrected chi connectivity index (χ2v) is 7.34. The fraction of sp³-hybridized carbons (Fsp3) is 0.0833. The molecule has 5 nitrogen and oxygen atoms in total. The number of benzene rings is 1. The summed E-state index contributed by atoms with van der Waals surface area (Å²) in [6.45, 7) is 1.55. The SMILES string of the molecule is Cc1cc(S(=O)(=O)Nc2ccccc2Cl)sc1C(=O)O. The lowest BCUT2D eigenvalue weighted by Gasteiger charge is -2.07. The second-order valence-electron chi connectivity index (χ2n) is 3.97. The molecule has 20 heavy (non-hydrogen) atoms. The van der Waals surface area contributed by atoms with Crippen LogP contribution in [0.1, 0.15) is 15.2 Å². The van der Waals surface area contributed by atoms with Gasteiger partial charge in [0.25, 0.3) is 10.0 Å². The molecule has 0 saturated heterocycles. The Morgan fingerprint density at radius 1 is 1.35 bits per heavy atom. The molecule has 2 N–H and O–H groups in total. The van der Waals surface area contributed by atoms with E-state index in [-0.39, 0.29) is 19.8 Å². The van der Waals surface area contributed by atoms with Crippen molar-refractivity contribution in [1.82, 2.24) is 0 Å². The van der Waals surface area contributed by atoms with E-state index in [1.54, 1.807) is 25.1 Å². The molecule has 2 aromatic rings. The minimum atomic E-state index is -3.85. The molecule has 1 aromatic heterocycles. The summed E-state index contributed by atoms with van der Waals surface area (Å²) in [5.74, 6) is -1.15. The quantitative estimate of drug-likeness (QED) is 0.901. The molecule has 8 heteroatoms. The van der Waals surface area contributed by atoms with Gasteiger partial charge >= 0.3 is 5.97 Å². The monoisotopic (exact) mass is 331 g/mol. The number of aryl methyl sites for hydroxylation is 1. The number of carbonyl (C=O) groups is 1. The van der Waals surface area contributed by atoms with Gasteiger partial charge in [-0.15, -0.1) is 11.3 Å². The summed E-state index contributed by atoms with van der Waals surface area (Å²) in [7, 11) is -3.85. The van der Waals surface area contributed by atoms with Crippen molar-refractivity contribution in [2.45, 2.75) is 11.1 Å². The molecule has 2 rings (SSSR count). The summed E-state index contributed by atoms with van der Waals surface area (Å²) in [6, 6.07) is 7.73. The highest BCUT2D eigenvalue weighted by molar-refractivity contribution is 7.94. The lowest BCUT2D eigenvalue weighted by molar-refractivity contribution is 0.0701. The predicted molar refractivity (Wildman–Crippen MR) is 78.3 cm³/mol. The number of aromatic carboxylic acids is 1. The van der Waals surface area contributed by atoms with Crippen LogP contribution in [0.3, 0.4) is 0 Å². The van der Waals surface area contributed by atoms with Crippen LogP contribution < -0.4 is 4.72 Å². The molecule has 106 valence electrons. The number of rotatable bonds is 4. The minimum absolute atomic E-state index is 0.00420. The Balaban J connectivity index is 2.39. The van der Waals surface area contributed by atoms with E-state index in [0.29, 0.717) is 16.9 Å². The predicted octanol–water partition coefficient (Wildman–Crippen LogP) is 3.21. The van der Waals surface area contributed by atoms with Crippen LogP contribution in [0.25, 0.3) is 0 Å². The number of hydrogen-bond donors (Lipinski definition) is 2. The molecule has 0 fully saturated rings. The average Bonchev–Trinajstić information content (AvgIpc) is 2.75. The molecule has 0 aliphatic carbocycles. The lowest BCUT2D eigenvalue weighted by atomic mass is 10.3. The summed E-state index contributed by atoms with van der Waals surface area (Å²) in [6.07, 6.45) is 0. The molecule has 0 aliphatic heterocycles. The third-order valence-electron chi connectivity index (χ3n) is 2.47. The first-order valence-electron chi connectivity index (χ1n) is 5.42. The lowest BCUT2D eigenvalue weighted by Crippen LogP contribution is -2.11. The third-order valence-corrected chi connectivity index (χ3v) is 5.87. The van der Waals surface area contributed by atoms with Gasteiger partial charge in [-0.2, -0.15) is 0 Å². The maximum Gasteiger partial charge on any atom is 0.346 e. The number of sulfonamides is 1. The van der Waals surface area contributed by atoms with E-state index in [2.05, 4.69) is 4.72 Å². The summed E-state index contributed by atoms with van der Waals surface area (Å²) in [5, 5.41) is 9.22. The summed E-state index contributed by atoms with van der Waals surface area (Å²) in [4.78, 5) is 11.0. The van der Waals surface area contributed by atoms with E-state index >= 15 is 0 Å². The Labute approximate surface area is 124 Å². The maximum atomic E-state index is 12.2. The summed E-state index contributed by atoms with van der Waals surface area (Å²) in [5.41, 5.74) is 0.652. The fourth-order valence-corrected chi connectivity index (χ4v) is 4.23. The zero-order chi connectivity index (χ0) is 14.9. The van der Waals surface area contributed by atoms with Crippen molar-refractivity contribution >= 4 is 44.6 Å². The Bertz CT molecular complexity index is 768. The molecule has 0 spiro atoms. The number of nitrogens with one attached hydrogen (secondary N) is 1. The van der Waals surface area contributed by atoms with Gasteiger partial charge in [0.05, 0.1) is 10.7 Å². The van der Waals surface area contributed by atoms with Crippen molar-refractivity contribution in [1.29, 1.82) is 0 Å². The van der Waals surface area contributed by atoms with Gasteiger partial charge in [-0.1, -0.05) is 23.7 Å². The van der Waals surface area contributed by atoms with Crippen LogP contribution in [-0.4, -0.2) is 19.5 Å². The Kier molecular flexibility index (Phi) is 4.03. The van der Waals surface area contributed by atoms with Gasteiger partial charge in [0.1, 0.15) is 9.09 Å². The normalized spacial score (nSPS) is 11.3. The first kappa shape index (κ1) is 14.8. The van der Waals surface area contributed by atoms with Crippen LogP contribution in [0.4, 0.5) is 5.69 Å². The smallest absolute Gasteiger partial charge is 0.346 e. The molecular weight excluding hydrogens is 322 g/mol. The number of halogens is 1. The van der Waals surface area contributed by atoms with Gasteiger partial charge < -0.3 is 5.11 Å². The number of hydrogen-bond acceptors (Lipinski definition) is 4. The van der Waals surface area contributed by atoms with E-state index < -0.39 is 16.0 Å². The van der Waals surface area contributed by atoms with Gasteiger partial charge in [0, 0.05) is 0 Å². The zero-order valence-electron chi connectivity index (χ0n) is 10.3. The molecule has 0 aliphatic rings. The van der Waals surface area contributed by atoms with Crippen LogP contribution in [0.5, 0.6) is 0 Å². The highest BCUT2D eigenvalue weighted by Gasteiger charge is 2.22. The van der Waals surface area contributed by atoms with Gasteiger partial charge in [0.2, 0.25) is 0 Å².